The number of carbonyl (C=O) groups is 2. The number of nitrogens with zero attached hydrogens (tertiary/aromatic N) is 3. The van der Waals surface area contributed by atoms with E-state index in [0.29, 0.717) is 48.0 Å². The summed E-state index contributed by atoms with van der Waals surface area (Å²) in [7, 11) is 0. The number of carbonyl (C=O) groups excluding carboxylic acids is 1. The van der Waals surface area contributed by atoms with Gasteiger partial charge in [-0.15, -0.1) is 0 Å². The Bertz CT molecular complexity index is 1210. The van der Waals surface area contributed by atoms with E-state index < -0.39 is 11.8 Å². The molecule has 3 aromatic rings. The average molecular weight is 463 g/mol. The molecule has 3 rings (SSSR count). The molecular weight excluding hydrogens is 435 g/mol. The zero-order valence-corrected chi connectivity index (χ0v) is 19.0. The highest BCUT2D eigenvalue weighted by molar-refractivity contribution is 5.97. The van der Waals surface area contributed by atoms with Crippen LogP contribution in [0, 0.1) is 5.82 Å². The number of pyridine rings is 1. The lowest BCUT2D eigenvalue weighted by Crippen LogP contribution is -2.23. The largest absolute Gasteiger partial charge is 0.481 e. The van der Waals surface area contributed by atoms with Gasteiger partial charge in [0.25, 0.3) is 5.91 Å². The number of hydrogen-bond donors (Lipinski definition) is 2. The summed E-state index contributed by atoms with van der Waals surface area (Å²) in [6.07, 6.45) is 11.5. The lowest BCUT2D eigenvalue weighted by atomic mass is 10.1. The average Bonchev–Trinajstić information content (AvgIpc) is 2.83. The number of amides is 1. The van der Waals surface area contributed by atoms with Crippen LogP contribution in [0.3, 0.4) is 0 Å². The molecule has 7 nitrogen and oxygen atoms in total. The van der Waals surface area contributed by atoms with Crippen molar-refractivity contribution >= 4 is 22.9 Å². The highest BCUT2D eigenvalue weighted by Gasteiger charge is 2.12. The van der Waals surface area contributed by atoms with E-state index in [1.165, 1.54) is 12.1 Å². The van der Waals surface area contributed by atoms with Crippen LogP contribution in [0.2, 0.25) is 0 Å². The number of allylic oxidation sites excluding steroid dienone is 4. The third-order valence-corrected chi connectivity index (χ3v) is 5.11. The van der Waals surface area contributed by atoms with Gasteiger partial charge in [0.2, 0.25) is 0 Å². The fourth-order valence-electron chi connectivity index (χ4n) is 3.35. The predicted octanol–water partition coefficient (Wildman–Crippen LogP) is 4.57. The van der Waals surface area contributed by atoms with Crippen LogP contribution < -0.4 is 5.32 Å². The minimum Gasteiger partial charge on any atom is -0.481 e. The minimum absolute atomic E-state index is 0.116. The summed E-state index contributed by atoms with van der Waals surface area (Å²) in [5.41, 5.74) is 3.90. The first kappa shape index (κ1) is 24.7. The van der Waals surface area contributed by atoms with Crippen molar-refractivity contribution in [2.45, 2.75) is 45.6 Å². The molecule has 2 heterocycles. The van der Waals surface area contributed by atoms with Gasteiger partial charge in [0.1, 0.15) is 5.82 Å². The van der Waals surface area contributed by atoms with Gasteiger partial charge in [-0.2, -0.15) is 0 Å². The quantitative estimate of drug-likeness (QED) is 0.320. The number of aryl methyl sites for hydroxylation is 1. The van der Waals surface area contributed by atoms with Gasteiger partial charge in [-0.05, 0) is 56.5 Å². The molecule has 0 radical (unpaired) electrons. The van der Waals surface area contributed by atoms with E-state index in [2.05, 4.69) is 10.3 Å². The van der Waals surface area contributed by atoms with Crippen LogP contribution in [-0.2, 0) is 24.2 Å². The van der Waals surface area contributed by atoms with Gasteiger partial charge in [-0.3, -0.25) is 14.6 Å². The summed E-state index contributed by atoms with van der Waals surface area (Å²) in [6, 6.07) is 7.96. The lowest BCUT2D eigenvalue weighted by molar-refractivity contribution is -0.137. The van der Waals surface area contributed by atoms with Crippen LogP contribution >= 0.6 is 0 Å². The first-order valence-electron chi connectivity index (χ1n) is 11.1. The number of rotatable bonds is 11. The van der Waals surface area contributed by atoms with E-state index in [1.807, 2.05) is 31.2 Å². The van der Waals surface area contributed by atoms with Gasteiger partial charge in [-0.1, -0.05) is 24.3 Å². The fraction of sp³-hybridized carbons (Fsp3) is 0.269. The fourth-order valence-corrected chi connectivity index (χ4v) is 3.35. The maximum Gasteiger partial charge on any atom is 0.303 e. The molecular formula is C26H27FN4O3. The highest BCUT2D eigenvalue weighted by Crippen LogP contribution is 2.18. The molecule has 0 bridgehead atoms. The molecule has 0 unspecified atom stereocenters. The molecule has 1 aromatic carbocycles. The number of aromatic nitrogens is 3. The van der Waals surface area contributed by atoms with Crippen molar-refractivity contribution in [1.82, 2.24) is 20.3 Å². The minimum atomic E-state index is -0.814. The Kier molecular flexibility index (Phi) is 8.96. The second kappa shape index (κ2) is 12.3. The third kappa shape index (κ3) is 7.30. The van der Waals surface area contributed by atoms with Crippen molar-refractivity contribution in [1.29, 1.82) is 0 Å². The Hall–Kier alpha value is -3.94. The molecule has 2 aromatic heterocycles. The molecule has 0 atom stereocenters. The number of fused-ring (bicyclic) bond motifs is 1. The Balaban J connectivity index is 1.79. The second-order valence-electron chi connectivity index (χ2n) is 7.73. The lowest BCUT2D eigenvalue weighted by Gasteiger charge is -2.10. The summed E-state index contributed by atoms with van der Waals surface area (Å²) >= 11 is 0. The normalized spacial score (nSPS) is 11.5. The van der Waals surface area contributed by atoms with Gasteiger partial charge in [0.05, 0.1) is 40.9 Å². The maximum absolute atomic E-state index is 13.0. The Morgan fingerprint density at radius 2 is 1.88 bits per heavy atom. The van der Waals surface area contributed by atoms with Crippen molar-refractivity contribution in [3.63, 3.8) is 0 Å². The first-order chi connectivity index (χ1) is 16.5. The van der Waals surface area contributed by atoms with Gasteiger partial charge in [0.15, 0.2) is 0 Å². The summed E-state index contributed by atoms with van der Waals surface area (Å²) < 4.78 is 13.0. The van der Waals surface area contributed by atoms with Crippen LogP contribution in [0.25, 0.3) is 11.0 Å². The molecule has 8 heteroatoms. The van der Waals surface area contributed by atoms with Gasteiger partial charge >= 0.3 is 5.97 Å². The number of nitrogens with one attached hydrogen (secondary N) is 1. The molecule has 2 N–H and O–H groups in total. The zero-order chi connectivity index (χ0) is 24.3. The number of halogens is 1. The molecule has 0 saturated heterocycles. The SMILES string of the molecule is CC=CC=CCc1nc2ccc(C(=O)NCc3ccc(F)cn3)cc2nc1CCCCC(=O)O. The number of benzene rings is 1. The van der Waals surface area contributed by atoms with Crippen LogP contribution in [0.4, 0.5) is 4.39 Å². The van der Waals surface area contributed by atoms with Crippen molar-refractivity contribution in [2.75, 3.05) is 0 Å². The van der Waals surface area contributed by atoms with E-state index >= 15 is 0 Å². The number of hydrogen-bond acceptors (Lipinski definition) is 5. The third-order valence-electron chi connectivity index (χ3n) is 5.11. The summed E-state index contributed by atoms with van der Waals surface area (Å²) in [4.78, 5) is 36.9. The number of carboxylic acid groups (broad SMARTS) is 1. The molecule has 0 spiro atoms. The van der Waals surface area contributed by atoms with Crippen LogP contribution in [0.1, 0.15) is 53.6 Å². The zero-order valence-electron chi connectivity index (χ0n) is 19.0. The molecule has 176 valence electrons. The molecule has 0 aliphatic carbocycles. The van der Waals surface area contributed by atoms with E-state index in [9.17, 15) is 14.0 Å². The van der Waals surface area contributed by atoms with Crippen molar-refractivity contribution in [3.05, 3.63) is 89.3 Å². The van der Waals surface area contributed by atoms with Crippen LogP contribution in [-0.4, -0.2) is 31.9 Å². The van der Waals surface area contributed by atoms with Crippen LogP contribution in [0.5, 0.6) is 0 Å². The molecule has 1 amide bonds. The Labute approximate surface area is 197 Å². The number of unbranched alkanes of at least 4 members (excludes halogenated alkanes) is 1. The molecule has 0 fully saturated rings. The Morgan fingerprint density at radius 3 is 2.62 bits per heavy atom. The predicted molar refractivity (Wildman–Crippen MR) is 128 cm³/mol. The molecule has 0 saturated carbocycles. The van der Waals surface area contributed by atoms with Crippen molar-refractivity contribution < 1.29 is 19.1 Å². The summed E-state index contributed by atoms with van der Waals surface area (Å²) in [5, 5.41) is 11.7. The topological polar surface area (TPSA) is 105 Å². The van der Waals surface area contributed by atoms with Crippen LogP contribution in [0.15, 0.2) is 60.8 Å². The summed E-state index contributed by atoms with van der Waals surface area (Å²) in [5.74, 6) is -1.54. The van der Waals surface area contributed by atoms with Gasteiger partial charge in [-0.25, -0.2) is 14.4 Å². The van der Waals surface area contributed by atoms with E-state index in [4.69, 9.17) is 15.1 Å². The maximum atomic E-state index is 13.0. The summed E-state index contributed by atoms with van der Waals surface area (Å²) in [6.45, 7) is 2.12. The number of carboxylic acids is 1. The monoisotopic (exact) mass is 462 g/mol. The van der Waals surface area contributed by atoms with Crippen molar-refractivity contribution in [2.24, 2.45) is 0 Å². The number of aliphatic carboxylic acids is 1. The highest BCUT2D eigenvalue weighted by atomic mass is 19.1. The van der Waals surface area contributed by atoms with E-state index in [0.717, 1.165) is 17.6 Å². The first-order valence-corrected chi connectivity index (χ1v) is 11.1. The standard InChI is InChI=1S/C26H27FN4O3/c1-2-3-4-5-8-21-22(9-6-7-10-25(32)33)31-24-15-18(11-14-23(24)30-21)26(34)29-17-20-13-12-19(27)16-28-20/h2-5,11-16H,6-10,17H2,1H3,(H,29,34)(H,32,33). The Morgan fingerprint density at radius 1 is 1.06 bits per heavy atom. The van der Waals surface area contributed by atoms with Crippen molar-refractivity contribution in [3.8, 4) is 0 Å². The van der Waals surface area contributed by atoms with Gasteiger partial charge in [0, 0.05) is 18.4 Å². The smallest absolute Gasteiger partial charge is 0.303 e. The molecule has 34 heavy (non-hydrogen) atoms. The van der Waals surface area contributed by atoms with Gasteiger partial charge < -0.3 is 10.4 Å². The van der Waals surface area contributed by atoms with E-state index in [1.54, 1.807) is 18.2 Å². The van der Waals surface area contributed by atoms with E-state index in [-0.39, 0.29) is 18.9 Å². The second-order valence-corrected chi connectivity index (χ2v) is 7.73. The molecule has 0 aliphatic heterocycles. The molecule has 0 aliphatic rings.